The molecule has 3 nitrogen and oxygen atoms in total. The van der Waals surface area contributed by atoms with Crippen molar-refractivity contribution < 1.29 is 0 Å². The number of hydrogen-bond acceptors (Lipinski definition) is 2. The standard InChI is InChI=1S/C13H19N3/c1-11(2)6-7-14-9-12-10-15-16-8-4-3-5-13(12)16/h3-5,8,10-11,14H,6-7,9H2,1-2H3. The summed E-state index contributed by atoms with van der Waals surface area (Å²) in [6.07, 6.45) is 5.14. The van der Waals surface area contributed by atoms with E-state index in [1.54, 1.807) is 0 Å². The number of fused-ring (bicyclic) bond motifs is 1. The first-order valence-electron chi connectivity index (χ1n) is 5.89. The fourth-order valence-corrected chi connectivity index (χ4v) is 1.74. The van der Waals surface area contributed by atoms with Crippen LogP contribution in [0.15, 0.2) is 30.6 Å². The van der Waals surface area contributed by atoms with Crippen molar-refractivity contribution in [2.24, 2.45) is 5.92 Å². The normalized spacial score (nSPS) is 11.4. The highest BCUT2D eigenvalue weighted by atomic mass is 15.2. The molecule has 1 N–H and O–H groups in total. The van der Waals surface area contributed by atoms with Gasteiger partial charge in [0.15, 0.2) is 0 Å². The molecule has 2 heterocycles. The molecule has 0 radical (unpaired) electrons. The Balaban J connectivity index is 1.94. The first-order chi connectivity index (χ1) is 7.77. The molecule has 0 atom stereocenters. The van der Waals surface area contributed by atoms with Gasteiger partial charge in [0.2, 0.25) is 0 Å². The van der Waals surface area contributed by atoms with E-state index in [-0.39, 0.29) is 0 Å². The Labute approximate surface area is 96.5 Å². The van der Waals surface area contributed by atoms with E-state index in [2.05, 4.69) is 36.4 Å². The van der Waals surface area contributed by atoms with E-state index >= 15 is 0 Å². The average molecular weight is 217 g/mol. The maximum Gasteiger partial charge on any atom is 0.0706 e. The summed E-state index contributed by atoms with van der Waals surface area (Å²) in [4.78, 5) is 0. The van der Waals surface area contributed by atoms with E-state index < -0.39 is 0 Å². The molecule has 3 heteroatoms. The van der Waals surface area contributed by atoms with Gasteiger partial charge in [-0.2, -0.15) is 5.10 Å². The molecule has 2 aromatic heterocycles. The first kappa shape index (κ1) is 11.1. The average Bonchev–Trinajstić information content (AvgIpc) is 2.68. The van der Waals surface area contributed by atoms with Gasteiger partial charge < -0.3 is 5.32 Å². The Bertz CT molecular complexity index is 445. The first-order valence-corrected chi connectivity index (χ1v) is 5.89. The topological polar surface area (TPSA) is 29.3 Å². The minimum Gasteiger partial charge on any atom is -0.313 e. The minimum absolute atomic E-state index is 0.761. The Morgan fingerprint density at radius 2 is 2.25 bits per heavy atom. The van der Waals surface area contributed by atoms with Crippen molar-refractivity contribution in [3.05, 3.63) is 36.2 Å². The Hall–Kier alpha value is -1.35. The molecule has 0 saturated heterocycles. The van der Waals surface area contributed by atoms with Gasteiger partial charge in [0, 0.05) is 18.3 Å². The molecule has 0 bridgehead atoms. The summed E-state index contributed by atoms with van der Waals surface area (Å²) in [7, 11) is 0. The van der Waals surface area contributed by atoms with E-state index in [1.165, 1.54) is 17.5 Å². The van der Waals surface area contributed by atoms with E-state index in [4.69, 9.17) is 0 Å². The second-order valence-corrected chi connectivity index (χ2v) is 4.56. The second kappa shape index (κ2) is 5.12. The lowest BCUT2D eigenvalue weighted by atomic mass is 10.1. The van der Waals surface area contributed by atoms with Crippen molar-refractivity contribution in [2.45, 2.75) is 26.8 Å². The number of pyridine rings is 1. The summed E-state index contributed by atoms with van der Waals surface area (Å²) < 4.78 is 1.92. The van der Waals surface area contributed by atoms with Crippen molar-refractivity contribution in [2.75, 3.05) is 6.54 Å². The SMILES string of the molecule is CC(C)CCNCc1cnn2ccccc12. The maximum atomic E-state index is 4.31. The summed E-state index contributed by atoms with van der Waals surface area (Å²) in [5.41, 5.74) is 2.46. The van der Waals surface area contributed by atoms with Crippen LogP contribution in [0.25, 0.3) is 5.52 Å². The molecule has 0 fully saturated rings. The molecule has 0 aliphatic heterocycles. The fourth-order valence-electron chi connectivity index (χ4n) is 1.74. The summed E-state index contributed by atoms with van der Waals surface area (Å²) in [6.45, 7) is 6.47. The van der Waals surface area contributed by atoms with Crippen molar-refractivity contribution in [1.82, 2.24) is 14.9 Å². The van der Waals surface area contributed by atoms with Crippen LogP contribution in [-0.2, 0) is 6.54 Å². The smallest absolute Gasteiger partial charge is 0.0706 e. The number of nitrogens with zero attached hydrogens (tertiary/aromatic N) is 2. The van der Waals surface area contributed by atoms with E-state index in [1.807, 2.05) is 23.0 Å². The maximum absolute atomic E-state index is 4.31. The van der Waals surface area contributed by atoms with Crippen molar-refractivity contribution >= 4 is 5.52 Å². The molecular formula is C13H19N3. The van der Waals surface area contributed by atoms with Crippen LogP contribution in [0.2, 0.25) is 0 Å². The van der Waals surface area contributed by atoms with Gasteiger partial charge in [0.05, 0.1) is 11.7 Å². The van der Waals surface area contributed by atoms with E-state index in [0.29, 0.717) is 0 Å². The molecular weight excluding hydrogens is 198 g/mol. The van der Waals surface area contributed by atoms with Crippen LogP contribution in [0.1, 0.15) is 25.8 Å². The molecule has 2 rings (SSSR count). The van der Waals surface area contributed by atoms with Gasteiger partial charge in [-0.15, -0.1) is 0 Å². The lowest BCUT2D eigenvalue weighted by molar-refractivity contribution is 0.538. The molecule has 0 aliphatic rings. The van der Waals surface area contributed by atoms with Crippen LogP contribution in [0.3, 0.4) is 0 Å². The molecule has 0 unspecified atom stereocenters. The third-order valence-electron chi connectivity index (χ3n) is 2.72. The summed E-state index contributed by atoms with van der Waals surface area (Å²) in [6, 6.07) is 6.15. The van der Waals surface area contributed by atoms with Gasteiger partial charge in [-0.1, -0.05) is 19.9 Å². The van der Waals surface area contributed by atoms with Gasteiger partial charge in [-0.3, -0.25) is 0 Å². The highest BCUT2D eigenvalue weighted by Gasteiger charge is 2.02. The monoisotopic (exact) mass is 217 g/mol. The van der Waals surface area contributed by atoms with Crippen LogP contribution in [0.5, 0.6) is 0 Å². The summed E-state index contributed by atoms with van der Waals surface area (Å²) in [5.74, 6) is 0.761. The lowest BCUT2D eigenvalue weighted by Crippen LogP contribution is -2.16. The van der Waals surface area contributed by atoms with Gasteiger partial charge in [-0.05, 0) is 31.0 Å². The molecule has 0 spiro atoms. The zero-order valence-electron chi connectivity index (χ0n) is 9.98. The van der Waals surface area contributed by atoms with Gasteiger partial charge in [0.1, 0.15) is 0 Å². The van der Waals surface area contributed by atoms with Crippen LogP contribution in [0.4, 0.5) is 0 Å². The predicted molar refractivity (Wildman–Crippen MR) is 66.4 cm³/mol. The zero-order valence-corrected chi connectivity index (χ0v) is 9.98. The minimum atomic E-state index is 0.761. The third kappa shape index (κ3) is 2.61. The fraction of sp³-hybridized carbons (Fsp3) is 0.462. The van der Waals surface area contributed by atoms with Crippen LogP contribution in [-0.4, -0.2) is 16.2 Å². The van der Waals surface area contributed by atoms with Crippen molar-refractivity contribution in [1.29, 1.82) is 0 Å². The van der Waals surface area contributed by atoms with Gasteiger partial charge >= 0.3 is 0 Å². The van der Waals surface area contributed by atoms with Crippen LogP contribution in [0, 0.1) is 5.92 Å². The number of nitrogens with one attached hydrogen (secondary N) is 1. The highest BCUT2D eigenvalue weighted by Crippen LogP contribution is 2.09. The number of hydrogen-bond donors (Lipinski definition) is 1. The number of aromatic nitrogens is 2. The Kier molecular flexibility index (Phi) is 3.57. The summed E-state index contributed by atoms with van der Waals surface area (Å²) >= 11 is 0. The van der Waals surface area contributed by atoms with Crippen LogP contribution < -0.4 is 5.32 Å². The molecule has 86 valence electrons. The Morgan fingerprint density at radius 1 is 1.38 bits per heavy atom. The molecule has 16 heavy (non-hydrogen) atoms. The highest BCUT2D eigenvalue weighted by molar-refractivity contribution is 5.53. The molecule has 0 amide bonds. The largest absolute Gasteiger partial charge is 0.313 e. The van der Waals surface area contributed by atoms with E-state index in [0.717, 1.165) is 19.0 Å². The predicted octanol–water partition coefficient (Wildman–Crippen LogP) is 2.47. The van der Waals surface area contributed by atoms with Crippen molar-refractivity contribution in [3.63, 3.8) is 0 Å². The van der Waals surface area contributed by atoms with E-state index in [9.17, 15) is 0 Å². The summed E-state index contributed by atoms with van der Waals surface area (Å²) in [5, 5.41) is 7.77. The molecule has 0 aromatic carbocycles. The Morgan fingerprint density at radius 3 is 3.06 bits per heavy atom. The number of rotatable bonds is 5. The second-order valence-electron chi connectivity index (χ2n) is 4.56. The van der Waals surface area contributed by atoms with Crippen LogP contribution >= 0.6 is 0 Å². The lowest BCUT2D eigenvalue weighted by Gasteiger charge is -2.05. The van der Waals surface area contributed by atoms with Gasteiger partial charge in [-0.25, -0.2) is 4.52 Å². The zero-order chi connectivity index (χ0) is 11.4. The molecule has 0 aliphatic carbocycles. The molecule has 0 saturated carbocycles. The van der Waals surface area contributed by atoms with Crippen molar-refractivity contribution in [3.8, 4) is 0 Å². The quantitative estimate of drug-likeness (QED) is 0.780. The third-order valence-corrected chi connectivity index (χ3v) is 2.72. The molecule has 2 aromatic rings. The van der Waals surface area contributed by atoms with Gasteiger partial charge in [0.25, 0.3) is 0 Å².